The standard InChI is InChI=1S/C10H12Br2N2O2/c1-2-16-9(15)4-8(13)10-7(12)3-6(11)5-14-10/h3,5,8H,2,4,13H2,1H3/t8-/m0/s1. The first-order chi connectivity index (χ1) is 7.54. The van der Waals surface area contributed by atoms with Gasteiger partial charge in [0.25, 0.3) is 0 Å². The Hall–Kier alpha value is -0.460. The Morgan fingerprint density at radius 3 is 2.88 bits per heavy atom. The van der Waals surface area contributed by atoms with Crippen molar-refractivity contribution in [1.82, 2.24) is 4.98 Å². The third-order valence-corrected chi connectivity index (χ3v) is 2.95. The fourth-order valence-electron chi connectivity index (χ4n) is 1.19. The number of carbonyl (C=O) groups excluding carboxylic acids is 1. The second kappa shape index (κ2) is 6.32. The summed E-state index contributed by atoms with van der Waals surface area (Å²) >= 11 is 6.65. The van der Waals surface area contributed by atoms with Crippen LogP contribution in [0, 0.1) is 0 Å². The molecule has 0 aliphatic carbocycles. The summed E-state index contributed by atoms with van der Waals surface area (Å²) in [5.41, 5.74) is 6.52. The molecule has 6 heteroatoms. The van der Waals surface area contributed by atoms with Crippen molar-refractivity contribution < 1.29 is 9.53 Å². The van der Waals surface area contributed by atoms with E-state index in [1.165, 1.54) is 0 Å². The van der Waals surface area contributed by atoms with Gasteiger partial charge < -0.3 is 10.5 Å². The van der Waals surface area contributed by atoms with Crippen LogP contribution in [0.4, 0.5) is 0 Å². The molecule has 0 unspecified atom stereocenters. The summed E-state index contributed by atoms with van der Waals surface area (Å²) in [4.78, 5) is 15.4. The lowest BCUT2D eigenvalue weighted by molar-refractivity contribution is -0.143. The quantitative estimate of drug-likeness (QED) is 0.846. The smallest absolute Gasteiger partial charge is 0.307 e. The summed E-state index contributed by atoms with van der Waals surface area (Å²) in [7, 11) is 0. The molecule has 0 bridgehead atoms. The fourth-order valence-corrected chi connectivity index (χ4v) is 2.48. The number of pyridine rings is 1. The van der Waals surface area contributed by atoms with Gasteiger partial charge in [0.15, 0.2) is 0 Å². The lowest BCUT2D eigenvalue weighted by Gasteiger charge is -2.12. The predicted octanol–water partition coefficient (Wildman–Crippen LogP) is 2.56. The molecule has 1 aromatic rings. The molecule has 1 heterocycles. The van der Waals surface area contributed by atoms with Crippen LogP contribution in [0.3, 0.4) is 0 Å². The van der Waals surface area contributed by atoms with Gasteiger partial charge in [-0.05, 0) is 44.8 Å². The highest BCUT2D eigenvalue weighted by Gasteiger charge is 2.16. The third-order valence-electron chi connectivity index (χ3n) is 1.88. The normalized spacial score (nSPS) is 12.2. The first-order valence-corrected chi connectivity index (χ1v) is 6.35. The van der Waals surface area contributed by atoms with Crippen molar-refractivity contribution >= 4 is 37.8 Å². The number of aromatic nitrogens is 1. The Morgan fingerprint density at radius 2 is 2.31 bits per heavy atom. The van der Waals surface area contributed by atoms with E-state index in [4.69, 9.17) is 10.5 Å². The van der Waals surface area contributed by atoms with Crippen LogP contribution in [-0.4, -0.2) is 17.6 Å². The van der Waals surface area contributed by atoms with E-state index in [0.717, 1.165) is 8.95 Å². The first kappa shape index (κ1) is 13.6. The van der Waals surface area contributed by atoms with Crippen LogP contribution >= 0.6 is 31.9 Å². The maximum atomic E-state index is 11.3. The van der Waals surface area contributed by atoms with Crippen molar-refractivity contribution in [3.63, 3.8) is 0 Å². The van der Waals surface area contributed by atoms with Gasteiger partial charge in [-0.2, -0.15) is 0 Å². The van der Waals surface area contributed by atoms with Crippen LogP contribution in [0.5, 0.6) is 0 Å². The van der Waals surface area contributed by atoms with Crippen LogP contribution in [0.2, 0.25) is 0 Å². The number of nitrogens with two attached hydrogens (primary N) is 1. The minimum Gasteiger partial charge on any atom is -0.466 e. The van der Waals surface area contributed by atoms with E-state index >= 15 is 0 Å². The van der Waals surface area contributed by atoms with Crippen LogP contribution in [0.25, 0.3) is 0 Å². The number of nitrogens with zero attached hydrogens (tertiary/aromatic N) is 1. The van der Waals surface area contributed by atoms with Crippen molar-refractivity contribution in [3.8, 4) is 0 Å². The van der Waals surface area contributed by atoms with Crippen molar-refractivity contribution in [3.05, 3.63) is 26.9 Å². The average molecular weight is 352 g/mol. The molecular weight excluding hydrogens is 340 g/mol. The molecule has 2 N–H and O–H groups in total. The lowest BCUT2D eigenvalue weighted by Crippen LogP contribution is -2.18. The summed E-state index contributed by atoms with van der Waals surface area (Å²) < 4.78 is 6.46. The predicted molar refractivity (Wildman–Crippen MR) is 67.8 cm³/mol. The third kappa shape index (κ3) is 3.84. The number of esters is 1. The van der Waals surface area contributed by atoms with Gasteiger partial charge in [-0.15, -0.1) is 0 Å². The summed E-state index contributed by atoms with van der Waals surface area (Å²) in [6.07, 6.45) is 1.77. The molecule has 16 heavy (non-hydrogen) atoms. The minimum atomic E-state index is -0.457. The zero-order chi connectivity index (χ0) is 12.1. The molecule has 0 saturated carbocycles. The maximum Gasteiger partial charge on any atom is 0.307 e. The van der Waals surface area contributed by atoms with Gasteiger partial charge in [0, 0.05) is 15.1 Å². The Kier molecular flexibility index (Phi) is 5.37. The Bertz CT molecular complexity index is 385. The van der Waals surface area contributed by atoms with Crippen LogP contribution in [0.1, 0.15) is 25.1 Å². The molecule has 0 aliphatic rings. The van der Waals surface area contributed by atoms with Gasteiger partial charge in [-0.1, -0.05) is 0 Å². The maximum absolute atomic E-state index is 11.3. The molecule has 1 rings (SSSR count). The second-order valence-corrected chi connectivity index (χ2v) is 4.91. The molecular formula is C10H12Br2N2O2. The van der Waals surface area contributed by atoms with Gasteiger partial charge in [-0.25, -0.2) is 0 Å². The number of hydrogen-bond acceptors (Lipinski definition) is 4. The van der Waals surface area contributed by atoms with Crippen molar-refractivity contribution in [2.45, 2.75) is 19.4 Å². The molecule has 0 spiro atoms. The van der Waals surface area contributed by atoms with Crippen molar-refractivity contribution in [2.24, 2.45) is 5.73 Å². The zero-order valence-electron chi connectivity index (χ0n) is 8.74. The van der Waals surface area contributed by atoms with Gasteiger partial charge in [0.05, 0.1) is 24.8 Å². The average Bonchev–Trinajstić information content (AvgIpc) is 2.17. The number of hydrogen-bond donors (Lipinski definition) is 1. The number of ether oxygens (including phenoxy) is 1. The molecule has 0 aliphatic heterocycles. The van der Waals surface area contributed by atoms with Crippen molar-refractivity contribution in [2.75, 3.05) is 6.61 Å². The molecule has 1 atom stereocenters. The fraction of sp³-hybridized carbons (Fsp3) is 0.400. The number of carbonyl (C=O) groups is 1. The molecule has 88 valence electrons. The van der Waals surface area contributed by atoms with E-state index < -0.39 is 6.04 Å². The second-order valence-electron chi connectivity index (χ2n) is 3.14. The highest BCUT2D eigenvalue weighted by molar-refractivity contribution is 9.11. The minimum absolute atomic E-state index is 0.126. The van der Waals surface area contributed by atoms with E-state index in [2.05, 4.69) is 36.8 Å². The van der Waals surface area contributed by atoms with E-state index in [0.29, 0.717) is 12.3 Å². The molecule has 1 aromatic heterocycles. The van der Waals surface area contributed by atoms with Crippen molar-refractivity contribution in [1.29, 1.82) is 0 Å². The Labute approximate surface area is 111 Å². The van der Waals surface area contributed by atoms with E-state index in [1.807, 2.05) is 6.07 Å². The number of rotatable bonds is 4. The van der Waals surface area contributed by atoms with E-state index in [9.17, 15) is 4.79 Å². The summed E-state index contributed by atoms with van der Waals surface area (Å²) in [6, 6.07) is 1.38. The first-order valence-electron chi connectivity index (χ1n) is 4.76. The van der Waals surface area contributed by atoms with Crippen LogP contribution in [0.15, 0.2) is 21.2 Å². The van der Waals surface area contributed by atoms with Gasteiger partial charge in [0.1, 0.15) is 0 Å². The molecule has 0 aromatic carbocycles. The largest absolute Gasteiger partial charge is 0.466 e. The topological polar surface area (TPSA) is 65.2 Å². The zero-order valence-corrected chi connectivity index (χ0v) is 11.9. The highest BCUT2D eigenvalue weighted by atomic mass is 79.9. The molecule has 0 amide bonds. The Morgan fingerprint density at radius 1 is 1.62 bits per heavy atom. The summed E-state index contributed by atoms with van der Waals surface area (Å²) in [6.45, 7) is 2.12. The molecule has 4 nitrogen and oxygen atoms in total. The summed E-state index contributed by atoms with van der Waals surface area (Å²) in [5.74, 6) is -0.313. The lowest BCUT2D eigenvalue weighted by atomic mass is 10.1. The molecule has 0 saturated heterocycles. The van der Waals surface area contributed by atoms with Crippen LogP contribution < -0.4 is 5.73 Å². The van der Waals surface area contributed by atoms with E-state index in [1.54, 1.807) is 13.1 Å². The van der Waals surface area contributed by atoms with Gasteiger partial charge in [-0.3, -0.25) is 9.78 Å². The summed E-state index contributed by atoms with van der Waals surface area (Å²) in [5, 5.41) is 0. The highest BCUT2D eigenvalue weighted by Crippen LogP contribution is 2.25. The Balaban J connectivity index is 2.72. The SMILES string of the molecule is CCOC(=O)C[C@H](N)c1ncc(Br)cc1Br. The van der Waals surface area contributed by atoms with Gasteiger partial charge >= 0.3 is 5.97 Å². The number of halogens is 2. The molecule has 0 fully saturated rings. The van der Waals surface area contributed by atoms with Crippen LogP contribution in [-0.2, 0) is 9.53 Å². The molecule has 0 radical (unpaired) electrons. The van der Waals surface area contributed by atoms with E-state index in [-0.39, 0.29) is 12.4 Å². The monoisotopic (exact) mass is 350 g/mol. The van der Waals surface area contributed by atoms with Gasteiger partial charge in [0.2, 0.25) is 0 Å².